The van der Waals surface area contributed by atoms with Crippen molar-refractivity contribution in [2.45, 2.75) is 26.8 Å². The molecular weight excluding hydrogens is 390 g/mol. The maximum Gasteiger partial charge on any atom is 0.341 e. The molecule has 8 heteroatoms. The normalized spacial score (nSPS) is 15.3. The van der Waals surface area contributed by atoms with Gasteiger partial charge in [0.1, 0.15) is 11.5 Å². The lowest BCUT2D eigenvalue weighted by atomic mass is 10.00. The van der Waals surface area contributed by atoms with Crippen LogP contribution in [0.25, 0.3) is 0 Å². The molecule has 1 aromatic heterocycles. The monoisotopic (exact) mass is 416 g/mol. The number of amides is 2. The summed E-state index contributed by atoms with van der Waals surface area (Å²) >= 11 is 1.10. The molecule has 0 bridgehead atoms. The molecule has 2 heterocycles. The molecule has 29 heavy (non-hydrogen) atoms. The van der Waals surface area contributed by atoms with Gasteiger partial charge in [0.05, 0.1) is 23.6 Å². The average Bonchev–Trinajstić information content (AvgIpc) is 3.03. The van der Waals surface area contributed by atoms with Crippen LogP contribution in [-0.4, -0.2) is 44.5 Å². The van der Waals surface area contributed by atoms with Gasteiger partial charge in [0.2, 0.25) is 0 Å². The van der Waals surface area contributed by atoms with Crippen LogP contribution in [0.4, 0.5) is 5.00 Å². The van der Waals surface area contributed by atoms with Crippen molar-refractivity contribution in [3.05, 3.63) is 51.4 Å². The van der Waals surface area contributed by atoms with Gasteiger partial charge in [0.25, 0.3) is 11.8 Å². The van der Waals surface area contributed by atoms with E-state index in [1.54, 1.807) is 13.8 Å². The second-order valence-corrected chi connectivity index (χ2v) is 8.00. The molecule has 154 valence electrons. The van der Waals surface area contributed by atoms with Crippen LogP contribution in [0.2, 0.25) is 0 Å². The van der Waals surface area contributed by atoms with E-state index in [0.717, 1.165) is 30.8 Å². The molecular formula is C21H26N3O4S+. The maximum atomic E-state index is 12.7. The Morgan fingerprint density at radius 1 is 1.21 bits per heavy atom. The summed E-state index contributed by atoms with van der Waals surface area (Å²) in [6.45, 7) is 5.59. The zero-order chi connectivity index (χ0) is 21.0. The summed E-state index contributed by atoms with van der Waals surface area (Å²) in [6.07, 6.45) is 0.936. The van der Waals surface area contributed by atoms with E-state index < -0.39 is 5.97 Å². The van der Waals surface area contributed by atoms with E-state index in [1.807, 2.05) is 12.1 Å². The summed E-state index contributed by atoms with van der Waals surface area (Å²) < 4.78 is 5.13. The number of quaternary nitrogens is 1. The van der Waals surface area contributed by atoms with E-state index in [1.165, 1.54) is 23.1 Å². The largest absolute Gasteiger partial charge is 0.462 e. The molecule has 0 fully saturated rings. The lowest BCUT2D eigenvalue weighted by Crippen LogP contribution is -3.12. The average molecular weight is 417 g/mol. The van der Waals surface area contributed by atoms with E-state index in [2.05, 4.69) is 22.8 Å². The summed E-state index contributed by atoms with van der Waals surface area (Å²) in [6, 6.07) is 8.29. The van der Waals surface area contributed by atoms with Gasteiger partial charge in [-0.25, -0.2) is 4.79 Å². The fourth-order valence-corrected chi connectivity index (χ4v) is 4.73. The number of ether oxygens (including phenoxy) is 1. The van der Waals surface area contributed by atoms with Crippen LogP contribution in [0.15, 0.2) is 24.3 Å². The van der Waals surface area contributed by atoms with Crippen molar-refractivity contribution in [2.24, 2.45) is 0 Å². The Hall–Kier alpha value is -2.71. The second kappa shape index (κ2) is 9.19. The van der Waals surface area contributed by atoms with Crippen molar-refractivity contribution in [3.63, 3.8) is 0 Å². The van der Waals surface area contributed by atoms with Crippen LogP contribution in [0.1, 0.15) is 43.6 Å². The molecule has 2 amide bonds. The molecule has 1 aliphatic heterocycles. The van der Waals surface area contributed by atoms with Crippen molar-refractivity contribution < 1.29 is 24.0 Å². The van der Waals surface area contributed by atoms with Crippen molar-refractivity contribution >= 4 is 34.1 Å². The summed E-state index contributed by atoms with van der Waals surface area (Å²) in [5.41, 5.74) is 3.37. The number of carbonyl (C=O) groups is 3. The fraction of sp³-hybridized carbons (Fsp3) is 0.381. The van der Waals surface area contributed by atoms with Gasteiger partial charge in [-0.1, -0.05) is 24.3 Å². The molecule has 0 spiro atoms. The molecule has 1 unspecified atom stereocenters. The number of fused-ring (bicyclic) bond motifs is 1. The number of carbonyl (C=O) groups excluding carboxylic acids is 3. The third-order valence-electron chi connectivity index (χ3n) is 5.03. The van der Waals surface area contributed by atoms with Gasteiger partial charge in [-0.05, 0) is 25.0 Å². The van der Waals surface area contributed by atoms with Gasteiger partial charge in [0, 0.05) is 19.0 Å². The maximum absolute atomic E-state index is 12.7. The number of esters is 1. The Morgan fingerprint density at radius 3 is 2.62 bits per heavy atom. The first kappa shape index (κ1) is 21.0. The molecule has 0 aliphatic carbocycles. The SMILES string of the molecule is CCOC(=O)c1c(NC(=O)C[NH+]2CCc3ccccc3C2)sc(C(=O)NC)c1C. The van der Waals surface area contributed by atoms with E-state index >= 15 is 0 Å². The fourth-order valence-electron chi connectivity index (χ4n) is 3.57. The number of hydrogen-bond donors (Lipinski definition) is 3. The topological polar surface area (TPSA) is 88.9 Å². The lowest BCUT2D eigenvalue weighted by Gasteiger charge is -2.25. The molecule has 7 nitrogen and oxygen atoms in total. The van der Waals surface area contributed by atoms with E-state index in [9.17, 15) is 14.4 Å². The van der Waals surface area contributed by atoms with Gasteiger partial charge in [-0.3, -0.25) is 9.59 Å². The number of rotatable bonds is 6. The Morgan fingerprint density at radius 2 is 1.93 bits per heavy atom. The highest BCUT2D eigenvalue weighted by molar-refractivity contribution is 7.18. The molecule has 0 radical (unpaired) electrons. The zero-order valence-corrected chi connectivity index (χ0v) is 17.7. The quantitative estimate of drug-likeness (QED) is 0.617. The first-order valence-electron chi connectivity index (χ1n) is 9.67. The number of thiophene rings is 1. The van der Waals surface area contributed by atoms with Crippen LogP contribution in [-0.2, 0) is 22.5 Å². The van der Waals surface area contributed by atoms with Crippen molar-refractivity contribution in [2.75, 3.05) is 32.1 Å². The van der Waals surface area contributed by atoms with Crippen LogP contribution >= 0.6 is 11.3 Å². The third-order valence-corrected chi connectivity index (χ3v) is 6.24. The molecule has 2 aromatic rings. The molecule has 3 N–H and O–H groups in total. The smallest absolute Gasteiger partial charge is 0.341 e. The van der Waals surface area contributed by atoms with Crippen molar-refractivity contribution in [3.8, 4) is 0 Å². The molecule has 0 saturated heterocycles. The van der Waals surface area contributed by atoms with Gasteiger partial charge >= 0.3 is 5.97 Å². The number of anilines is 1. The second-order valence-electron chi connectivity index (χ2n) is 6.98. The minimum absolute atomic E-state index is 0.186. The minimum Gasteiger partial charge on any atom is -0.462 e. The molecule has 0 saturated carbocycles. The Labute approximate surface area is 174 Å². The predicted molar refractivity (Wildman–Crippen MR) is 112 cm³/mol. The first-order valence-corrected chi connectivity index (χ1v) is 10.5. The summed E-state index contributed by atoms with van der Waals surface area (Å²) in [7, 11) is 1.53. The lowest BCUT2D eigenvalue weighted by molar-refractivity contribution is -0.907. The van der Waals surface area contributed by atoms with Gasteiger partial charge in [0.15, 0.2) is 6.54 Å². The predicted octanol–water partition coefficient (Wildman–Crippen LogP) is 1.17. The molecule has 1 atom stereocenters. The van der Waals surface area contributed by atoms with Gasteiger partial charge in [-0.15, -0.1) is 11.3 Å². The Kier molecular flexibility index (Phi) is 6.66. The highest BCUT2D eigenvalue weighted by atomic mass is 32.1. The van der Waals surface area contributed by atoms with Crippen molar-refractivity contribution in [1.29, 1.82) is 0 Å². The van der Waals surface area contributed by atoms with Crippen molar-refractivity contribution in [1.82, 2.24) is 5.32 Å². The van der Waals surface area contributed by atoms with Gasteiger partial charge < -0.3 is 20.3 Å². The number of hydrogen-bond acceptors (Lipinski definition) is 5. The highest BCUT2D eigenvalue weighted by Crippen LogP contribution is 2.33. The number of nitrogens with one attached hydrogen (secondary N) is 3. The molecule has 1 aliphatic rings. The number of benzene rings is 1. The van der Waals surface area contributed by atoms with Gasteiger partial charge in [-0.2, -0.15) is 0 Å². The van der Waals surface area contributed by atoms with Crippen LogP contribution in [0.5, 0.6) is 0 Å². The molecule has 3 rings (SSSR count). The first-order chi connectivity index (χ1) is 13.9. The van der Waals surface area contributed by atoms with E-state index in [0.29, 0.717) is 22.0 Å². The zero-order valence-electron chi connectivity index (χ0n) is 16.9. The summed E-state index contributed by atoms with van der Waals surface area (Å²) in [5.74, 6) is -1.02. The van der Waals surface area contributed by atoms with Crippen LogP contribution in [0, 0.1) is 6.92 Å². The minimum atomic E-state index is -0.536. The summed E-state index contributed by atoms with van der Waals surface area (Å²) in [5, 5.41) is 5.77. The standard InChI is InChI=1S/C21H25N3O4S/c1-4-28-21(27)17-13(2)18(19(26)22-3)29-20(17)23-16(25)12-24-10-9-14-7-5-6-8-15(14)11-24/h5-8H,4,9-12H2,1-3H3,(H,22,26)(H,23,25)/p+1. The summed E-state index contributed by atoms with van der Waals surface area (Å²) in [4.78, 5) is 38.8. The van der Waals surface area contributed by atoms with E-state index in [-0.39, 0.29) is 24.0 Å². The highest BCUT2D eigenvalue weighted by Gasteiger charge is 2.28. The third kappa shape index (κ3) is 4.65. The van der Waals surface area contributed by atoms with Crippen LogP contribution < -0.4 is 15.5 Å². The Balaban J connectivity index is 1.75. The Bertz CT molecular complexity index is 938. The molecule has 1 aromatic carbocycles. The van der Waals surface area contributed by atoms with Crippen LogP contribution in [0.3, 0.4) is 0 Å². The van der Waals surface area contributed by atoms with E-state index in [4.69, 9.17) is 4.74 Å².